The van der Waals surface area contributed by atoms with E-state index < -0.39 is 10.0 Å². The van der Waals surface area contributed by atoms with E-state index in [1.165, 1.54) is 42.5 Å². The standard InChI is InChI=1S/C27H35NO3S/c1-3-4-5-6-7-8-9-10-11-16-27(29)25-21-24(18-17-22(25)2)32(30,31)28-20-19-23-14-12-13-15-26(23)28/h12-15,17-21H,3-11,16H2,1-2H3. The summed E-state index contributed by atoms with van der Waals surface area (Å²) in [6.07, 6.45) is 12.8. The van der Waals surface area contributed by atoms with Crippen molar-refractivity contribution < 1.29 is 13.2 Å². The molecule has 0 saturated heterocycles. The molecule has 0 spiro atoms. The van der Waals surface area contributed by atoms with Gasteiger partial charge in [-0.3, -0.25) is 4.79 Å². The van der Waals surface area contributed by atoms with Crippen LogP contribution in [0, 0.1) is 6.92 Å². The molecule has 0 aliphatic carbocycles. The molecule has 172 valence electrons. The van der Waals surface area contributed by atoms with Crippen molar-refractivity contribution in [3.63, 3.8) is 0 Å². The third-order valence-electron chi connectivity index (χ3n) is 6.14. The van der Waals surface area contributed by atoms with E-state index in [1.54, 1.807) is 36.5 Å². The van der Waals surface area contributed by atoms with Crippen LogP contribution in [0.4, 0.5) is 0 Å². The lowest BCUT2D eigenvalue weighted by molar-refractivity contribution is 0.0978. The third-order valence-corrected chi connectivity index (χ3v) is 7.82. The average Bonchev–Trinajstić information content (AvgIpc) is 3.23. The van der Waals surface area contributed by atoms with Gasteiger partial charge in [0.25, 0.3) is 10.0 Å². The highest BCUT2D eigenvalue weighted by molar-refractivity contribution is 7.90. The number of fused-ring (bicyclic) bond motifs is 1. The van der Waals surface area contributed by atoms with Gasteiger partial charge in [0.05, 0.1) is 10.4 Å². The van der Waals surface area contributed by atoms with E-state index in [0.29, 0.717) is 17.5 Å². The topological polar surface area (TPSA) is 56.1 Å². The Bertz CT molecular complexity index is 1140. The van der Waals surface area contributed by atoms with Crippen LogP contribution in [-0.2, 0) is 10.0 Å². The number of hydrogen-bond acceptors (Lipinski definition) is 3. The predicted octanol–water partition coefficient (Wildman–Crippen LogP) is 7.29. The van der Waals surface area contributed by atoms with Crippen molar-refractivity contribution in [3.8, 4) is 0 Å². The van der Waals surface area contributed by atoms with Gasteiger partial charge in [-0.05, 0) is 43.2 Å². The van der Waals surface area contributed by atoms with Crippen molar-refractivity contribution in [2.45, 2.75) is 83.0 Å². The average molecular weight is 454 g/mol. The normalized spacial score (nSPS) is 11.8. The van der Waals surface area contributed by atoms with Gasteiger partial charge in [-0.15, -0.1) is 0 Å². The van der Waals surface area contributed by atoms with Gasteiger partial charge in [-0.2, -0.15) is 0 Å². The lowest BCUT2D eigenvalue weighted by Crippen LogP contribution is -2.13. The summed E-state index contributed by atoms with van der Waals surface area (Å²) in [5, 5.41) is 0.866. The molecule has 0 unspecified atom stereocenters. The molecule has 0 atom stereocenters. The van der Waals surface area contributed by atoms with E-state index in [-0.39, 0.29) is 10.7 Å². The van der Waals surface area contributed by atoms with Crippen LogP contribution in [0.3, 0.4) is 0 Å². The van der Waals surface area contributed by atoms with Crippen LogP contribution in [0.25, 0.3) is 10.9 Å². The molecule has 4 nitrogen and oxygen atoms in total. The quantitative estimate of drug-likeness (QED) is 0.202. The molecule has 5 heteroatoms. The maximum atomic E-state index is 13.3. The van der Waals surface area contributed by atoms with Crippen LogP contribution in [0.5, 0.6) is 0 Å². The van der Waals surface area contributed by atoms with E-state index in [2.05, 4.69) is 6.92 Å². The summed E-state index contributed by atoms with van der Waals surface area (Å²) in [4.78, 5) is 13.0. The molecule has 2 aromatic carbocycles. The highest BCUT2D eigenvalue weighted by Gasteiger charge is 2.21. The van der Waals surface area contributed by atoms with Crippen LogP contribution in [0.1, 0.15) is 87.1 Å². The van der Waals surface area contributed by atoms with E-state index in [9.17, 15) is 13.2 Å². The van der Waals surface area contributed by atoms with Gasteiger partial charge < -0.3 is 0 Å². The first-order valence-electron chi connectivity index (χ1n) is 11.9. The van der Waals surface area contributed by atoms with Crippen molar-refractivity contribution in [2.75, 3.05) is 0 Å². The van der Waals surface area contributed by atoms with Crippen LogP contribution in [-0.4, -0.2) is 18.2 Å². The minimum Gasteiger partial charge on any atom is -0.294 e. The molecule has 0 radical (unpaired) electrons. The molecule has 0 fully saturated rings. The Labute approximate surface area is 192 Å². The Morgan fingerprint density at radius 1 is 0.844 bits per heavy atom. The number of benzene rings is 2. The van der Waals surface area contributed by atoms with Gasteiger partial charge in [0, 0.05) is 23.6 Å². The smallest absolute Gasteiger partial charge is 0.268 e. The minimum atomic E-state index is -3.77. The van der Waals surface area contributed by atoms with Crippen molar-refractivity contribution in [1.29, 1.82) is 0 Å². The number of aryl methyl sites for hydroxylation is 1. The molecular formula is C27H35NO3S. The van der Waals surface area contributed by atoms with Crippen LogP contribution in [0.2, 0.25) is 0 Å². The first-order valence-corrected chi connectivity index (χ1v) is 13.3. The fourth-order valence-corrected chi connectivity index (χ4v) is 5.55. The van der Waals surface area contributed by atoms with Crippen LogP contribution >= 0.6 is 0 Å². The fraction of sp³-hybridized carbons (Fsp3) is 0.444. The van der Waals surface area contributed by atoms with Gasteiger partial charge in [-0.1, -0.05) is 82.6 Å². The maximum absolute atomic E-state index is 13.3. The zero-order valence-electron chi connectivity index (χ0n) is 19.3. The minimum absolute atomic E-state index is 0.0276. The Kier molecular flexibility index (Phi) is 8.68. The summed E-state index contributed by atoms with van der Waals surface area (Å²) < 4.78 is 27.8. The number of nitrogens with zero attached hydrogens (tertiary/aromatic N) is 1. The SMILES string of the molecule is CCCCCCCCCCCC(=O)c1cc(S(=O)(=O)n2ccc3ccccc32)ccc1C. The Hall–Kier alpha value is -2.40. The summed E-state index contributed by atoms with van der Waals surface area (Å²) in [6, 6.07) is 14.1. The molecule has 0 N–H and O–H groups in total. The highest BCUT2D eigenvalue weighted by Crippen LogP contribution is 2.24. The summed E-state index contributed by atoms with van der Waals surface area (Å²) in [7, 11) is -3.77. The maximum Gasteiger partial charge on any atom is 0.268 e. The molecule has 0 aliphatic rings. The third kappa shape index (κ3) is 5.89. The van der Waals surface area contributed by atoms with Gasteiger partial charge in [0.1, 0.15) is 0 Å². The first kappa shape index (κ1) is 24.2. The highest BCUT2D eigenvalue weighted by atomic mass is 32.2. The Balaban J connectivity index is 1.62. The van der Waals surface area contributed by atoms with Gasteiger partial charge >= 0.3 is 0 Å². The zero-order valence-corrected chi connectivity index (χ0v) is 20.2. The second-order valence-corrected chi connectivity index (χ2v) is 10.5. The number of carbonyl (C=O) groups excluding carboxylic acids is 1. The van der Waals surface area contributed by atoms with E-state index in [1.807, 2.05) is 25.1 Å². The van der Waals surface area contributed by atoms with Crippen LogP contribution < -0.4 is 0 Å². The molecule has 3 rings (SSSR count). The molecule has 1 aromatic heterocycles. The molecular weight excluding hydrogens is 418 g/mol. The van der Waals surface area contributed by atoms with Crippen molar-refractivity contribution in [2.24, 2.45) is 0 Å². The van der Waals surface area contributed by atoms with Gasteiger partial charge in [0.2, 0.25) is 0 Å². The molecule has 3 aromatic rings. The second-order valence-electron chi connectivity index (χ2n) is 8.65. The second kappa shape index (κ2) is 11.5. The monoisotopic (exact) mass is 453 g/mol. The first-order chi connectivity index (χ1) is 15.4. The van der Waals surface area contributed by atoms with Crippen molar-refractivity contribution in [3.05, 3.63) is 65.9 Å². The molecule has 32 heavy (non-hydrogen) atoms. The number of aromatic nitrogens is 1. The summed E-state index contributed by atoms with van der Waals surface area (Å²) >= 11 is 0. The zero-order chi connectivity index (χ0) is 23.0. The largest absolute Gasteiger partial charge is 0.294 e. The molecule has 0 amide bonds. The molecule has 1 heterocycles. The summed E-state index contributed by atoms with van der Waals surface area (Å²) in [5.74, 6) is 0.0276. The van der Waals surface area contributed by atoms with Crippen molar-refractivity contribution >= 4 is 26.7 Å². The number of unbranched alkanes of at least 4 members (excludes halogenated alkanes) is 8. The number of Topliss-reactive ketones (excluding diaryl/α,β-unsaturated/α-hetero) is 1. The van der Waals surface area contributed by atoms with E-state index in [4.69, 9.17) is 0 Å². The molecule has 0 bridgehead atoms. The van der Waals surface area contributed by atoms with Gasteiger partial charge in [0.15, 0.2) is 5.78 Å². The van der Waals surface area contributed by atoms with Crippen molar-refractivity contribution in [1.82, 2.24) is 3.97 Å². The van der Waals surface area contributed by atoms with Crippen LogP contribution in [0.15, 0.2) is 59.6 Å². The number of hydrogen-bond donors (Lipinski definition) is 0. The lowest BCUT2D eigenvalue weighted by atomic mass is 9.99. The molecule has 0 saturated carbocycles. The number of ketones is 1. The summed E-state index contributed by atoms with van der Waals surface area (Å²) in [6.45, 7) is 4.09. The Morgan fingerprint density at radius 3 is 2.22 bits per heavy atom. The predicted molar refractivity (Wildman–Crippen MR) is 132 cm³/mol. The van der Waals surface area contributed by atoms with Gasteiger partial charge in [-0.25, -0.2) is 12.4 Å². The number of para-hydroxylation sites is 1. The summed E-state index contributed by atoms with van der Waals surface area (Å²) in [5.41, 5.74) is 1.97. The molecule has 0 aliphatic heterocycles. The number of rotatable bonds is 13. The Morgan fingerprint density at radius 2 is 1.50 bits per heavy atom. The lowest BCUT2D eigenvalue weighted by Gasteiger charge is -2.11. The fourth-order valence-electron chi connectivity index (χ4n) is 4.17. The van der Waals surface area contributed by atoms with E-state index in [0.717, 1.165) is 30.2 Å². The number of carbonyl (C=O) groups is 1. The van der Waals surface area contributed by atoms with E-state index >= 15 is 0 Å².